The van der Waals surface area contributed by atoms with Crippen LogP contribution in [0.25, 0.3) is 6.08 Å². The van der Waals surface area contributed by atoms with Crippen LogP contribution < -0.4 is 60.6 Å². The van der Waals surface area contributed by atoms with Crippen molar-refractivity contribution in [2.45, 2.75) is 229 Å². The highest BCUT2D eigenvalue weighted by Crippen LogP contribution is 2.46. The lowest BCUT2D eigenvalue weighted by atomic mass is 9.97. The van der Waals surface area contributed by atoms with Crippen molar-refractivity contribution in [3.8, 4) is 12.1 Å². The van der Waals surface area contributed by atoms with Crippen molar-refractivity contribution < 1.29 is 54.3 Å². The quantitative estimate of drug-likeness (QED) is 0.0261. The second-order valence-electron chi connectivity index (χ2n) is 42.9. The Balaban J connectivity index is 0.000000168. The lowest BCUT2D eigenvalue weighted by molar-refractivity contribution is 0.0504. The number of nitriles is 2. The summed E-state index contributed by atoms with van der Waals surface area (Å²) in [5, 5.41) is 29.2. The molecular weight excluding hydrogens is 2000 g/mol. The number of aryl methyl sites for hydroxylation is 4. The fraction of sp³-hybridized carbons (Fsp3) is 0.368. The summed E-state index contributed by atoms with van der Waals surface area (Å²) < 4.78 is 143. The molecular formula is C114H142F2N16O10S4Si3. The Morgan fingerprint density at radius 3 is 1.01 bits per heavy atom. The number of anilines is 2. The third kappa shape index (κ3) is 23.6. The zero-order valence-electron chi connectivity index (χ0n) is 89.5. The minimum Gasteiger partial charge on any atom is -0.461 e. The maximum absolute atomic E-state index is 15.8. The van der Waals surface area contributed by atoms with Gasteiger partial charge in [-0.15, -0.1) is 0 Å². The summed E-state index contributed by atoms with van der Waals surface area (Å²) in [6.07, 6.45) is 14.6. The summed E-state index contributed by atoms with van der Waals surface area (Å²) in [5.41, 5.74) is 4.45. The van der Waals surface area contributed by atoms with Crippen LogP contribution in [0.15, 0.2) is 281 Å². The Hall–Kier alpha value is -12.4. The number of halogens is 2. The van der Waals surface area contributed by atoms with E-state index < -0.39 is 93.8 Å². The van der Waals surface area contributed by atoms with E-state index in [1.165, 1.54) is 24.3 Å². The van der Waals surface area contributed by atoms with Crippen molar-refractivity contribution in [3.05, 3.63) is 317 Å². The van der Waals surface area contributed by atoms with E-state index in [0.29, 0.717) is 96.8 Å². The summed E-state index contributed by atoms with van der Waals surface area (Å²) in [7, 11) is -15.2. The third-order valence-corrected chi connectivity index (χ3v) is 54.5. The van der Waals surface area contributed by atoms with Crippen molar-refractivity contribution in [2.24, 2.45) is 63.9 Å². The molecule has 2 amide bonds. The van der Waals surface area contributed by atoms with Gasteiger partial charge in [-0.05, 0) is 159 Å². The first-order chi connectivity index (χ1) is 70.3. The Kier molecular flexibility index (Phi) is 35.3. The van der Waals surface area contributed by atoms with E-state index in [-0.39, 0.29) is 99.0 Å². The van der Waals surface area contributed by atoms with E-state index in [9.17, 15) is 37.4 Å². The Morgan fingerprint density at radius 1 is 0.416 bits per heavy atom. The summed E-state index contributed by atoms with van der Waals surface area (Å²) in [6.45, 7) is 40.5. The van der Waals surface area contributed by atoms with Gasteiger partial charge in [0.2, 0.25) is 0 Å². The van der Waals surface area contributed by atoms with Crippen LogP contribution in [0, 0.1) is 62.7 Å². The number of carbonyl (C=O) groups is 4. The molecule has 8 heterocycles. The van der Waals surface area contributed by atoms with E-state index in [1.54, 1.807) is 77.9 Å². The van der Waals surface area contributed by atoms with E-state index in [0.717, 1.165) is 55.2 Å². The number of hydrogen-bond acceptors (Lipinski definition) is 16. The number of hydrogen-bond donors (Lipinski definition) is 7. The first kappa shape index (κ1) is 114. The fourth-order valence-electron chi connectivity index (χ4n) is 20.5. The van der Waals surface area contributed by atoms with Crippen LogP contribution in [0.3, 0.4) is 0 Å². The number of fused-ring (bicyclic) bond motifs is 4. The molecule has 4 aliphatic rings. The number of nitrogens with zero attached hydrogens (tertiary/aromatic N) is 9. The summed E-state index contributed by atoms with van der Waals surface area (Å²) in [6, 6.07) is 72.4. The second kappa shape index (κ2) is 46.2. The highest BCUT2D eigenvalue weighted by molar-refractivity contribution is 7.93. The Bertz CT molecular complexity index is 7350. The van der Waals surface area contributed by atoms with Crippen molar-refractivity contribution in [3.63, 3.8) is 0 Å². The topological polar surface area (TPSA) is 355 Å². The lowest BCUT2D eigenvalue weighted by Gasteiger charge is -2.40. The van der Waals surface area contributed by atoms with Gasteiger partial charge in [0.05, 0.1) is 43.9 Å². The summed E-state index contributed by atoms with van der Waals surface area (Å²) >= 11 is 0. The monoisotopic (exact) mass is 2140 g/mol. The van der Waals surface area contributed by atoms with Gasteiger partial charge < -0.3 is 38.4 Å². The summed E-state index contributed by atoms with van der Waals surface area (Å²) in [4.78, 5) is 54.8. The standard InChI is InChI=1S/C35H40FN5O2SSi.C30H41N3O3SSi.C30H39N3O3SSi.C19H22FN5O2S/c1-24(2)31-20-18-29-32(23-41(6)33(29)34(42)38-26-17-19-30(36)25(21-26)22-37)44(43,39-31)40-45(35(3,4)5,27-13-9-7-10-14-27)28-15-11-8-12-16-28;2*1-8-36-29(34)28-25-19-20-26(22(2)3)31-37(35,27(25)21-33(28)7)32-38(30(4,5)6,23-15-11-9-12-16-23)24-17-13-10-14-18-24;1-11(2)16-7-5-14-17(28(22,27)24-16)10-25(3)18(14)19(26)23-13-4-6-15(20)12(8-13)9-21/h7-17,19,21,23-24,31H,18,20H2,1-6H3,(H,38,42)(H,39,40,43);9-18,21-22,26H,8,19-20H2,1-7H3,(H,31,32,35);9-22,26H,8H2,1-7H3,(H,31,32,35);4,6,8,10-11,16H,5,7H2,1-3H3,(H,23,26)(H2,22,24,27)/t31-,44?;2*26-,37?;16-,28?/m1111/s1. The van der Waals surface area contributed by atoms with Gasteiger partial charge in [-0.1, -0.05) is 312 Å². The van der Waals surface area contributed by atoms with Crippen molar-refractivity contribution in [1.82, 2.24) is 37.2 Å². The van der Waals surface area contributed by atoms with Gasteiger partial charge in [0.15, 0.2) is 0 Å². The molecule has 35 heteroatoms. The average Bonchev–Trinajstić information content (AvgIpc) is 1.67. The van der Waals surface area contributed by atoms with E-state index in [1.807, 2.05) is 155 Å². The highest BCUT2D eigenvalue weighted by Gasteiger charge is 2.55. The molecule has 0 saturated heterocycles. The van der Waals surface area contributed by atoms with Crippen LogP contribution in [0.4, 0.5) is 20.2 Å². The number of benzene rings is 8. The van der Waals surface area contributed by atoms with Gasteiger partial charge in [-0.3, -0.25) is 9.59 Å². The molecule has 8 atom stereocenters. The molecule has 8 aromatic carbocycles. The zero-order valence-corrected chi connectivity index (χ0v) is 95.8. The first-order valence-corrected chi connectivity index (χ1v) is 62.6. The number of amides is 2. The van der Waals surface area contributed by atoms with E-state index in [4.69, 9.17) is 31.6 Å². The van der Waals surface area contributed by atoms with Crippen LogP contribution in [0.2, 0.25) is 15.1 Å². The number of ether oxygens (including phenoxy) is 2. The van der Waals surface area contributed by atoms with E-state index >= 15 is 12.6 Å². The molecule has 16 rings (SSSR count). The van der Waals surface area contributed by atoms with Gasteiger partial charge in [0.1, 0.15) is 86.2 Å². The molecule has 4 aromatic heterocycles. The van der Waals surface area contributed by atoms with Crippen molar-refractivity contribution in [1.29, 1.82) is 15.3 Å². The average molecular weight is 2150 g/mol. The number of aromatic nitrogens is 4. The van der Waals surface area contributed by atoms with Crippen LogP contribution in [-0.2, 0) is 96.6 Å². The minimum absolute atomic E-state index is 0.0165. The molecule has 0 aliphatic carbocycles. The normalized spacial score (nSPS) is 19.8. The predicted molar refractivity (Wildman–Crippen MR) is 601 cm³/mol. The highest BCUT2D eigenvalue weighted by atomic mass is 32.2. The van der Waals surface area contributed by atoms with Crippen LogP contribution >= 0.6 is 0 Å². The fourth-order valence-corrected chi connectivity index (χ4v) is 49.9. The molecule has 26 nitrogen and oxygen atoms in total. The zero-order chi connectivity index (χ0) is 109. The molecule has 0 bridgehead atoms. The molecule has 4 aliphatic heterocycles. The maximum Gasteiger partial charge on any atom is 0.355 e. The molecule has 0 spiro atoms. The second-order valence-corrected chi connectivity index (χ2v) is 64.3. The van der Waals surface area contributed by atoms with Crippen molar-refractivity contribution >= 4 is 137 Å². The van der Waals surface area contributed by atoms with Crippen LogP contribution in [0.1, 0.15) is 226 Å². The molecule has 0 saturated carbocycles. The van der Waals surface area contributed by atoms with Gasteiger partial charge in [0.25, 0.3) is 36.5 Å². The Labute approximate surface area is 882 Å². The molecule has 12 aromatic rings. The molecule has 0 radical (unpaired) electrons. The lowest BCUT2D eigenvalue weighted by Crippen LogP contribution is -2.64. The largest absolute Gasteiger partial charge is 0.461 e. The molecule has 0 fully saturated rings. The Morgan fingerprint density at radius 2 is 0.698 bits per heavy atom. The smallest absolute Gasteiger partial charge is 0.355 e. The first-order valence-electron chi connectivity index (χ1n) is 50.7. The predicted octanol–water partition coefficient (Wildman–Crippen LogP) is 19.5. The van der Waals surface area contributed by atoms with Gasteiger partial charge in [-0.2, -0.15) is 10.5 Å². The molecule has 788 valence electrons. The maximum atomic E-state index is 15.8. The SMILES string of the molecule is CC(C)[C@H]1CCc2c(cn(C)c2C(=O)Nc2ccc(F)c(C#N)c2)S(=N)(=O)N1.CC(C)[C@H]1CCc2c(cn(C)c2C(=O)Nc2ccc(F)c(C#N)c2)S(=O)(=N[Si](c2ccccc2)(c2ccccc2)C(C)(C)C)N1.CCOC(=O)c1c2c(cn1C)S(=O)(=N[Si](c1ccccc1)(c1ccccc1)C(C)(C)C)N[C@@H](C(C)C)C=C2.CCOC(=O)c1c2c(cn1C)S(=O)(=N[Si](c1ccccc1)(c1ccccc1)C(C)(C)C)N[C@@H](C(C)C)CC2. The molecule has 149 heavy (non-hydrogen) atoms. The van der Waals surface area contributed by atoms with Gasteiger partial charge in [0, 0.05) is 111 Å². The van der Waals surface area contributed by atoms with Crippen LogP contribution in [-0.4, -0.2) is 121 Å². The van der Waals surface area contributed by atoms with Crippen LogP contribution in [0.5, 0.6) is 0 Å². The third-order valence-electron chi connectivity index (χ3n) is 28.3. The van der Waals surface area contributed by atoms with Gasteiger partial charge in [-0.25, -0.2) is 71.0 Å². The summed E-state index contributed by atoms with van der Waals surface area (Å²) in [5.74, 6) is -2.25. The number of rotatable bonds is 21. The number of esters is 2. The van der Waals surface area contributed by atoms with Crippen molar-refractivity contribution in [2.75, 3.05) is 23.8 Å². The van der Waals surface area contributed by atoms with E-state index in [2.05, 4.69) is 206 Å². The minimum atomic E-state index is -3.30. The number of nitrogens with one attached hydrogen (secondary N) is 7. The molecule has 4 unspecified atom stereocenters. The number of carbonyl (C=O) groups excluding carboxylic acids is 4. The molecule has 7 N–H and O–H groups in total. The van der Waals surface area contributed by atoms with Gasteiger partial charge >= 0.3 is 11.9 Å².